The predicted molar refractivity (Wildman–Crippen MR) is 105 cm³/mol. The lowest BCUT2D eigenvalue weighted by Crippen LogP contribution is -2.32. The smallest absolute Gasteiger partial charge is 0.0779 e. The molecule has 0 rings (SSSR count). The first-order chi connectivity index (χ1) is 11.1. The van der Waals surface area contributed by atoms with Crippen LogP contribution in [0.3, 0.4) is 0 Å². The minimum Gasteiger partial charge on any atom is -0.633 e. The number of unbranched alkanes of at least 4 members (excludes halogenated alkanes) is 16. The third-order valence-electron chi connectivity index (χ3n) is 4.80. The monoisotopic (exact) mass is 327 g/mol. The molecule has 0 aromatic carbocycles. The van der Waals surface area contributed by atoms with Gasteiger partial charge in [-0.2, -0.15) is 0 Å². The number of hydrogen-bond acceptors (Lipinski definition) is 1. The Bertz CT molecular complexity index is 222. The Morgan fingerprint density at radius 3 is 1.00 bits per heavy atom. The molecule has 0 saturated carbocycles. The highest BCUT2D eigenvalue weighted by Gasteiger charge is 2.00. The summed E-state index contributed by atoms with van der Waals surface area (Å²) in [7, 11) is 3.49. The van der Waals surface area contributed by atoms with Crippen LogP contribution in [-0.2, 0) is 0 Å². The van der Waals surface area contributed by atoms with Crippen LogP contribution in [0, 0.1) is 5.21 Å². The van der Waals surface area contributed by atoms with Crippen LogP contribution in [0.25, 0.3) is 0 Å². The molecule has 0 aromatic heterocycles. The van der Waals surface area contributed by atoms with Crippen molar-refractivity contribution < 1.29 is 4.65 Å². The van der Waals surface area contributed by atoms with Crippen LogP contribution in [0.15, 0.2) is 0 Å². The Hall–Kier alpha value is -0.0800. The van der Waals surface area contributed by atoms with Gasteiger partial charge in [0, 0.05) is 0 Å². The summed E-state index contributed by atoms with van der Waals surface area (Å²) in [6.45, 7) is 3.06. The molecule has 0 spiro atoms. The second-order valence-corrected chi connectivity index (χ2v) is 7.95. The van der Waals surface area contributed by atoms with Crippen molar-refractivity contribution in [2.75, 3.05) is 20.6 Å². The molecule has 2 heteroatoms. The molecule has 0 bridgehead atoms. The van der Waals surface area contributed by atoms with E-state index < -0.39 is 0 Å². The van der Waals surface area contributed by atoms with E-state index in [0.29, 0.717) is 0 Å². The van der Waals surface area contributed by atoms with Gasteiger partial charge in [0.25, 0.3) is 0 Å². The fourth-order valence-corrected chi connectivity index (χ4v) is 3.22. The zero-order valence-corrected chi connectivity index (χ0v) is 16.6. The molecule has 0 aliphatic rings. The number of hydrogen-bond donors (Lipinski definition) is 0. The summed E-state index contributed by atoms with van der Waals surface area (Å²) in [5, 5.41) is 11.4. The third kappa shape index (κ3) is 21.9. The lowest BCUT2D eigenvalue weighted by atomic mass is 10.0. The van der Waals surface area contributed by atoms with E-state index in [-0.39, 0.29) is 4.65 Å². The first-order valence-electron chi connectivity index (χ1n) is 10.6. The highest BCUT2D eigenvalue weighted by atomic mass is 16.5. The molecule has 0 aliphatic carbocycles. The summed E-state index contributed by atoms with van der Waals surface area (Å²) < 4.78 is -0.126. The molecule has 0 saturated heterocycles. The molecular formula is C21H45NO. The van der Waals surface area contributed by atoms with E-state index in [2.05, 4.69) is 6.92 Å². The molecule has 0 N–H and O–H groups in total. The first-order valence-corrected chi connectivity index (χ1v) is 10.6. The van der Waals surface area contributed by atoms with Crippen molar-refractivity contribution in [1.29, 1.82) is 0 Å². The normalized spacial score (nSPS) is 12.0. The summed E-state index contributed by atoms with van der Waals surface area (Å²) in [5.41, 5.74) is 0. The average Bonchev–Trinajstić information content (AvgIpc) is 2.49. The van der Waals surface area contributed by atoms with Gasteiger partial charge in [-0.05, 0) is 12.8 Å². The predicted octanol–water partition coefficient (Wildman–Crippen LogP) is 7.21. The van der Waals surface area contributed by atoms with E-state index in [1.54, 1.807) is 14.1 Å². The molecule has 23 heavy (non-hydrogen) atoms. The number of quaternary nitrogens is 1. The second kappa shape index (κ2) is 16.8. The largest absolute Gasteiger partial charge is 0.633 e. The van der Waals surface area contributed by atoms with Gasteiger partial charge in [-0.15, -0.1) is 0 Å². The third-order valence-corrected chi connectivity index (χ3v) is 4.80. The fourth-order valence-electron chi connectivity index (χ4n) is 3.22. The summed E-state index contributed by atoms with van der Waals surface area (Å²) in [6, 6.07) is 0. The van der Waals surface area contributed by atoms with Crippen molar-refractivity contribution in [3.05, 3.63) is 5.21 Å². The quantitative estimate of drug-likeness (QED) is 0.148. The van der Waals surface area contributed by atoms with Crippen LogP contribution >= 0.6 is 0 Å². The number of rotatable bonds is 18. The Kier molecular flexibility index (Phi) is 16.7. The molecule has 0 atom stereocenters. The molecule has 0 radical (unpaired) electrons. The van der Waals surface area contributed by atoms with Crippen LogP contribution in [0.2, 0.25) is 0 Å². The van der Waals surface area contributed by atoms with E-state index in [1.807, 2.05) is 0 Å². The maximum atomic E-state index is 11.4. The van der Waals surface area contributed by atoms with Crippen molar-refractivity contribution in [2.24, 2.45) is 0 Å². The zero-order valence-electron chi connectivity index (χ0n) is 16.6. The van der Waals surface area contributed by atoms with Gasteiger partial charge in [0.1, 0.15) is 0 Å². The van der Waals surface area contributed by atoms with Crippen molar-refractivity contribution in [1.82, 2.24) is 0 Å². The van der Waals surface area contributed by atoms with Gasteiger partial charge < -0.3 is 9.85 Å². The van der Waals surface area contributed by atoms with Gasteiger partial charge in [0.05, 0.1) is 20.6 Å². The van der Waals surface area contributed by atoms with Gasteiger partial charge in [-0.25, -0.2) is 0 Å². The highest BCUT2D eigenvalue weighted by Crippen LogP contribution is 2.14. The maximum absolute atomic E-state index is 11.4. The van der Waals surface area contributed by atoms with E-state index in [4.69, 9.17) is 0 Å². The summed E-state index contributed by atoms with van der Waals surface area (Å²) in [4.78, 5) is 0. The van der Waals surface area contributed by atoms with Crippen LogP contribution in [-0.4, -0.2) is 25.3 Å². The van der Waals surface area contributed by atoms with Gasteiger partial charge in [0.15, 0.2) is 0 Å². The van der Waals surface area contributed by atoms with Crippen molar-refractivity contribution in [3.63, 3.8) is 0 Å². The van der Waals surface area contributed by atoms with Crippen LogP contribution < -0.4 is 0 Å². The summed E-state index contributed by atoms with van der Waals surface area (Å²) >= 11 is 0. The lowest BCUT2D eigenvalue weighted by Gasteiger charge is -2.33. The lowest BCUT2D eigenvalue weighted by molar-refractivity contribution is -0.840. The molecule has 0 fully saturated rings. The van der Waals surface area contributed by atoms with Gasteiger partial charge in [-0.3, -0.25) is 0 Å². The van der Waals surface area contributed by atoms with E-state index in [0.717, 1.165) is 13.0 Å². The van der Waals surface area contributed by atoms with E-state index >= 15 is 0 Å². The molecular weight excluding hydrogens is 282 g/mol. The van der Waals surface area contributed by atoms with E-state index in [1.165, 1.54) is 103 Å². The standard InChI is InChI=1S/C21H45NO/c1-4-5-6-7-8-9-10-11-12-13-14-15-16-17-18-19-20-21-22(2,3)23/h4-21H2,1-3H3. The minimum absolute atomic E-state index is 0.126. The molecule has 0 amide bonds. The van der Waals surface area contributed by atoms with Crippen molar-refractivity contribution in [2.45, 2.75) is 116 Å². The minimum atomic E-state index is -0.126. The Morgan fingerprint density at radius 1 is 0.478 bits per heavy atom. The zero-order chi connectivity index (χ0) is 17.2. The SMILES string of the molecule is CCCCCCCCCCCCCCCCCCC[N+](C)(C)[O-]. The highest BCUT2D eigenvalue weighted by molar-refractivity contribution is 4.50. The molecule has 0 heterocycles. The molecule has 140 valence electrons. The van der Waals surface area contributed by atoms with Crippen LogP contribution in [0.4, 0.5) is 0 Å². The van der Waals surface area contributed by atoms with Crippen LogP contribution in [0.1, 0.15) is 116 Å². The van der Waals surface area contributed by atoms with Crippen molar-refractivity contribution >= 4 is 0 Å². The Balaban J connectivity index is 3.00. The molecule has 0 aromatic rings. The first kappa shape index (κ1) is 22.9. The maximum Gasteiger partial charge on any atom is 0.0779 e. The molecule has 2 nitrogen and oxygen atoms in total. The average molecular weight is 328 g/mol. The van der Waals surface area contributed by atoms with E-state index in [9.17, 15) is 5.21 Å². The number of nitrogens with zero attached hydrogens (tertiary/aromatic N) is 1. The fraction of sp³-hybridized carbons (Fsp3) is 1.00. The Morgan fingerprint density at radius 2 is 0.739 bits per heavy atom. The number of hydroxylamine groups is 3. The van der Waals surface area contributed by atoms with Gasteiger partial charge in [-0.1, -0.05) is 103 Å². The van der Waals surface area contributed by atoms with Gasteiger partial charge >= 0.3 is 0 Å². The van der Waals surface area contributed by atoms with Gasteiger partial charge in [0.2, 0.25) is 0 Å². The Labute approximate surface area is 147 Å². The summed E-state index contributed by atoms with van der Waals surface area (Å²) in [5.74, 6) is 0. The van der Waals surface area contributed by atoms with Crippen LogP contribution in [0.5, 0.6) is 0 Å². The topological polar surface area (TPSA) is 23.1 Å². The van der Waals surface area contributed by atoms with Crippen molar-refractivity contribution in [3.8, 4) is 0 Å². The molecule has 0 unspecified atom stereocenters. The summed E-state index contributed by atoms with van der Waals surface area (Å²) in [6.07, 6.45) is 23.7. The second-order valence-electron chi connectivity index (χ2n) is 7.95. The molecule has 0 aliphatic heterocycles.